The van der Waals surface area contributed by atoms with E-state index < -0.39 is 0 Å². The van der Waals surface area contributed by atoms with E-state index in [4.69, 9.17) is 4.74 Å². The van der Waals surface area contributed by atoms with E-state index in [0.29, 0.717) is 34.0 Å². The average Bonchev–Trinajstić information content (AvgIpc) is 2.79. The fourth-order valence-electron chi connectivity index (χ4n) is 4.19. The van der Waals surface area contributed by atoms with E-state index in [9.17, 15) is 14.0 Å². The molecule has 0 saturated carbocycles. The van der Waals surface area contributed by atoms with Gasteiger partial charge in [0.15, 0.2) is 0 Å². The van der Waals surface area contributed by atoms with Crippen molar-refractivity contribution in [2.24, 2.45) is 7.05 Å². The molecule has 1 amide bonds. The van der Waals surface area contributed by atoms with Crippen LogP contribution in [0.5, 0.6) is 11.5 Å². The minimum atomic E-state index is -0.330. The number of pyridine rings is 1. The molecule has 2 aromatic carbocycles. The fraction of sp³-hybridized carbons (Fsp3) is 0.231. The molecule has 0 bridgehead atoms. The van der Waals surface area contributed by atoms with E-state index in [-0.39, 0.29) is 17.3 Å². The molecule has 0 saturated heterocycles. The number of hydrogen-bond donors (Lipinski definition) is 2. The fourth-order valence-corrected chi connectivity index (χ4v) is 4.19. The number of amides is 1. The Labute approximate surface area is 191 Å². The lowest BCUT2D eigenvalue weighted by molar-refractivity contribution is -0.111. The number of nitrogens with one attached hydrogen (secondary N) is 2. The molecule has 0 fully saturated rings. The second-order valence-corrected chi connectivity index (χ2v) is 8.22. The third kappa shape index (κ3) is 4.39. The molecule has 0 spiro atoms. The first-order chi connectivity index (χ1) is 15.8. The second kappa shape index (κ2) is 8.94. The predicted octanol–water partition coefficient (Wildman–Crippen LogP) is 5.08. The summed E-state index contributed by atoms with van der Waals surface area (Å²) in [4.78, 5) is 24.6. The summed E-state index contributed by atoms with van der Waals surface area (Å²) in [5.41, 5.74) is 4.88. The van der Waals surface area contributed by atoms with Gasteiger partial charge < -0.3 is 19.9 Å². The Bertz CT molecular complexity index is 1300. The first-order valence-corrected chi connectivity index (χ1v) is 10.8. The summed E-state index contributed by atoms with van der Waals surface area (Å²) < 4.78 is 21.7. The SMILES string of the molecule is C=CC(=O)Nc1ccc(Oc2c(C)cc(F)cc2C)c(-c2cn(C)c(=O)c3c2CCCN3)c1. The summed E-state index contributed by atoms with van der Waals surface area (Å²) in [6.07, 6.45) is 4.63. The third-order valence-electron chi connectivity index (χ3n) is 5.75. The largest absolute Gasteiger partial charge is 0.456 e. The van der Waals surface area contributed by atoms with Gasteiger partial charge in [0.05, 0.1) is 0 Å². The Morgan fingerprint density at radius 1 is 1.21 bits per heavy atom. The molecule has 0 unspecified atom stereocenters. The Balaban J connectivity index is 1.92. The standard InChI is InChI=1S/C26H26FN3O3/c1-5-23(31)29-18-8-9-22(33-25-15(2)11-17(27)12-16(25)3)20(13-18)21-14-30(4)26(32)24-19(21)7-6-10-28-24/h5,8-9,11-14,28H,1,6-7,10H2,2-4H3,(H,29,31). The van der Waals surface area contributed by atoms with Gasteiger partial charge in [-0.25, -0.2) is 4.39 Å². The van der Waals surface area contributed by atoms with Gasteiger partial charge in [0.2, 0.25) is 5.91 Å². The Kier molecular flexibility index (Phi) is 6.05. The van der Waals surface area contributed by atoms with Crippen LogP contribution in [-0.2, 0) is 18.3 Å². The van der Waals surface area contributed by atoms with E-state index >= 15 is 0 Å². The number of nitrogens with zero attached hydrogens (tertiary/aromatic N) is 1. The number of benzene rings is 2. The zero-order chi connectivity index (χ0) is 23.7. The van der Waals surface area contributed by atoms with Gasteiger partial charge in [0.1, 0.15) is 23.0 Å². The summed E-state index contributed by atoms with van der Waals surface area (Å²) in [5, 5.41) is 6.02. The number of rotatable bonds is 5. The maximum Gasteiger partial charge on any atom is 0.273 e. The van der Waals surface area contributed by atoms with Crippen LogP contribution in [0, 0.1) is 19.7 Å². The summed E-state index contributed by atoms with van der Waals surface area (Å²) in [5.74, 6) is 0.454. The van der Waals surface area contributed by atoms with Crippen LogP contribution in [0.25, 0.3) is 11.1 Å². The van der Waals surface area contributed by atoms with Crippen molar-refractivity contribution in [2.75, 3.05) is 17.2 Å². The van der Waals surface area contributed by atoms with Crippen LogP contribution in [0.3, 0.4) is 0 Å². The zero-order valence-corrected chi connectivity index (χ0v) is 18.9. The maximum absolute atomic E-state index is 13.8. The van der Waals surface area contributed by atoms with Crippen molar-refractivity contribution in [1.82, 2.24) is 4.57 Å². The van der Waals surface area contributed by atoms with E-state index in [2.05, 4.69) is 17.2 Å². The molecule has 1 aromatic heterocycles. The van der Waals surface area contributed by atoms with Crippen LogP contribution in [0.1, 0.15) is 23.1 Å². The lowest BCUT2D eigenvalue weighted by Crippen LogP contribution is -2.27. The molecule has 2 N–H and O–H groups in total. The van der Waals surface area contributed by atoms with E-state index in [1.165, 1.54) is 18.2 Å². The lowest BCUT2D eigenvalue weighted by atomic mass is 9.94. The first kappa shape index (κ1) is 22.3. The topological polar surface area (TPSA) is 72.4 Å². The Morgan fingerprint density at radius 2 is 1.94 bits per heavy atom. The number of hydrogen-bond acceptors (Lipinski definition) is 4. The van der Waals surface area contributed by atoms with Gasteiger partial charge in [-0.05, 0) is 79.8 Å². The quantitative estimate of drug-likeness (QED) is 0.535. The zero-order valence-electron chi connectivity index (χ0n) is 18.9. The summed E-state index contributed by atoms with van der Waals surface area (Å²) >= 11 is 0. The number of carbonyl (C=O) groups is 1. The summed E-state index contributed by atoms with van der Waals surface area (Å²) in [6, 6.07) is 8.18. The van der Waals surface area contributed by atoms with E-state index in [0.717, 1.165) is 36.1 Å². The molecular formula is C26H26FN3O3. The van der Waals surface area contributed by atoms with Crippen molar-refractivity contribution >= 4 is 17.3 Å². The molecule has 4 rings (SSSR count). The first-order valence-electron chi connectivity index (χ1n) is 10.8. The van der Waals surface area contributed by atoms with Crippen molar-refractivity contribution in [1.29, 1.82) is 0 Å². The number of fused-ring (bicyclic) bond motifs is 1. The van der Waals surface area contributed by atoms with Crippen LogP contribution < -0.4 is 20.9 Å². The minimum absolute atomic E-state index is 0.0859. The Morgan fingerprint density at radius 3 is 2.64 bits per heavy atom. The molecule has 0 aliphatic carbocycles. The van der Waals surface area contributed by atoms with Crippen molar-refractivity contribution in [2.45, 2.75) is 26.7 Å². The van der Waals surface area contributed by atoms with Gasteiger partial charge in [-0.2, -0.15) is 0 Å². The number of anilines is 2. The number of carbonyl (C=O) groups excluding carboxylic acids is 1. The van der Waals surface area contributed by atoms with Gasteiger partial charge in [0, 0.05) is 36.6 Å². The predicted molar refractivity (Wildman–Crippen MR) is 129 cm³/mol. The molecule has 0 atom stereocenters. The van der Waals surface area contributed by atoms with Crippen molar-refractivity contribution < 1.29 is 13.9 Å². The van der Waals surface area contributed by atoms with Crippen LogP contribution >= 0.6 is 0 Å². The molecule has 33 heavy (non-hydrogen) atoms. The van der Waals surface area contributed by atoms with Crippen LogP contribution in [0.15, 0.2) is 54.0 Å². The number of ether oxygens (including phenoxy) is 1. The molecule has 1 aliphatic heterocycles. The van der Waals surface area contributed by atoms with Gasteiger partial charge in [-0.3, -0.25) is 9.59 Å². The van der Waals surface area contributed by atoms with Gasteiger partial charge >= 0.3 is 0 Å². The number of aromatic nitrogens is 1. The van der Waals surface area contributed by atoms with Crippen LogP contribution in [-0.4, -0.2) is 17.0 Å². The maximum atomic E-state index is 13.8. The second-order valence-electron chi connectivity index (χ2n) is 8.22. The molecular weight excluding hydrogens is 421 g/mol. The van der Waals surface area contributed by atoms with Crippen molar-refractivity contribution in [3.63, 3.8) is 0 Å². The van der Waals surface area contributed by atoms with Crippen LogP contribution in [0.4, 0.5) is 15.8 Å². The normalized spacial score (nSPS) is 12.5. The van der Waals surface area contributed by atoms with Crippen molar-refractivity contribution in [3.8, 4) is 22.6 Å². The van der Waals surface area contributed by atoms with Gasteiger partial charge in [0.25, 0.3) is 5.56 Å². The Hall–Kier alpha value is -3.87. The third-order valence-corrected chi connectivity index (χ3v) is 5.75. The highest BCUT2D eigenvalue weighted by Crippen LogP contribution is 2.41. The highest BCUT2D eigenvalue weighted by Gasteiger charge is 2.22. The number of aryl methyl sites for hydroxylation is 3. The number of halogens is 1. The lowest BCUT2D eigenvalue weighted by Gasteiger charge is -2.23. The van der Waals surface area contributed by atoms with E-state index in [1.54, 1.807) is 43.8 Å². The van der Waals surface area contributed by atoms with Crippen molar-refractivity contribution in [3.05, 3.63) is 82.0 Å². The molecule has 0 radical (unpaired) electrons. The molecule has 7 heteroatoms. The summed E-state index contributed by atoms with van der Waals surface area (Å²) in [6.45, 7) is 7.82. The van der Waals surface area contributed by atoms with Crippen LogP contribution in [0.2, 0.25) is 0 Å². The smallest absolute Gasteiger partial charge is 0.273 e. The molecule has 2 heterocycles. The average molecular weight is 448 g/mol. The molecule has 170 valence electrons. The summed E-state index contributed by atoms with van der Waals surface area (Å²) in [7, 11) is 1.71. The van der Waals surface area contributed by atoms with Gasteiger partial charge in [-0.15, -0.1) is 0 Å². The molecule has 1 aliphatic rings. The van der Waals surface area contributed by atoms with Gasteiger partial charge in [-0.1, -0.05) is 6.58 Å². The monoisotopic (exact) mass is 447 g/mol. The van der Waals surface area contributed by atoms with E-state index in [1.807, 2.05) is 6.07 Å². The minimum Gasteiger partial charge on any atom is -0.456 e. The highest BCUT2D eigenvalue weighted by molar-refractivity contribution is 5.99. The molecule has 6 nitrogen and oxygen atoms in total. The highest BCUT2D eigenvalue weighted by atomic mass is 19.1. The molecule has 3 aromatic rings.